The Kier molecular flexibility index (Phi) is 3.87. The Bertz CT molecular complexity index is 479. The molecule has 2 aromatic carbocycles. The monoisotopic (exact) mass is 255 g/mol. The molecule has 2 heteroatoms. The molecule has 0 atom stereocenters. The average Bonchev–Trinajstić information content (AvgIpc) is 2.39. The molecule has 0 radical (unpaired) electrons. The van der Waals surface area contributed by atoms with E-state index in [1.807, 2.05) is 0 Å². The Balaban J connectivity index is 2.16. The lowest BCUT2D eigenvalue weighted by Gasteiger charge is -2.36. The molecule has 0 aliphatic heterocycles. The summed E-state index contributed by atoms with van der Waals surface area (Å²) in [7, 11) is 0.772. The standard InChI is InChI=1S/C16H21NSi/c1-17(16-12-8-5-9-13-16)18(2,3)14-15-10-6-4-7-11-15/h4-13H,14H2,1-3H3. The van der Waals surface area contributed by atoms with Gasteiger partial charge in [0.2, 0.25) is 0 Å². The van der Waals surface area contributed by atoms with Crippen molar-refractivity contribution < 1.29 is 0 Å². The van der Waals surface area contributed by atoms with Crippen molar-refractivity contribution in [1.82, 2.24) is 0 Å². The molecule has 0 saturated carbocycles. The van der Waals surface area contributed by atoms with Crippen molar-refractivity contribution in [3.8, 4) is 0 Å². The van der Waals surface area contributed by atoms with E-state index in [9.17, 15) is 0 Å². The number of anilines is 1. The van der Waals surface area contributed by atoms with E-state index in [1.165, 1.54) is 17.3 Å². The third-order valence-electron chi connectivity index (χ3n) is 3.53. The molecule has 2 aromatic rings. The van der Waals surface area contributed by atoms with E-state index in [-0.39, 0.29) is 0 Å². The van der Waals surface area contributed by atoms with Gasteiger partial charge in [-0.15, -0.1) is 0 Å². The van der Waals surface area contributed by atoms with Gasteiger partial charge >= 0.3 is 0 Å². The van der Waals surface area contributed by atoms with E-state index in [1.54, 1.807) is 0 Å². The van der Waals surface area contributed by atoms with Crippen LogP contribution in [0.3, 0.4) is 0 Å². The van der Waals surface area contributed by atoms with Crippen molar-refractivity contribution in [3.05, 3.63) is 66.2 Å². The Labute approximate surface area is 111 Å². The van der Waals surface area contributed by atoms with Crippen molar-refractivity contribution in [1.29, 1.82) is 0 Å². The third-order valence-corrected chi connectivity index (χ3v) is 6.88. The Morgan fingerprint density at radius 3 is 1.89 bits per heavy atom. The van der Waals surface area contributed by atoms with E-state index < -0.39 is 8.24 Å². The van der Waals surface area contributed by atoms with Gasteiger partial charge in [-0.25, -0.2) is 0 Å². The van der Waals surface area contributed by atoms with Crippen molar-refractivity contribution in [2.75, 3.05) is 11.6 Å². The van der Waals surface area contributed by atoms with Crippen molar-refractivity contribution in [2.45, 2.75) is 19.1 Å². The third kappa shape index (κ3) is 3.02. The zero-order chi connectivity index (χ0) is 13.0. The molecule has 94 valence electrons. The predicted octanol–water partition coefficient (Wildman–Crippen LogP) is 4.11. The van der Waals surface area contributed by atoms with Crippen LogP contribution in [0.25, 0.3) is 0 Å². The number of rotatable bonds is 4. The lowest BCUT2D eigenvalue weighted by Crippen LogP contribution is -2.48. The van der Waals surface area contributed by atoms with Crippen molar-refractivity contribution in [3.63, 3.8) is 0 Å². The molecule has 0 fully saturated rings. The van der Waals surface area contributed by atoms with Crippen molar-refractivity contribution in [2.24, 2.45) is 0 Å². The molecule has 1 nitrogen and oxygen atoms in total. The Hall–Kier alpha value is -1.54. The molecular weight excluding hydrogens is 234 g/mol. The first kappa shape index (κ1) is 12.9. The number of nitrogens with zero attached hydrogens (tertiary/aromatic N) is 1. The minimum atomic E-state index is -1.46. The highest BCUT2D eigenvalue weighted by Gasteiger charge is 2.27. The van der Waals surface area contributed by atoms with Crippen LogP contribution in [0.4, 0.5) is 5.69 Å². The summed E-state index contributed by atoms with van der Waals surface area (Å²) >= 11 is 0. The van der Waals surface area contributed by atoms with E-state index >= 15 is 0 Å². The van der Waals surface area contributed by atoms with Gasteiger partial charge in [-0.1, -0.05) is 61.6 Å². The number of benzene rings is 2. The molecule has 0 N–H and O–H groups in total. The molecule has 2 rings (SSSR count). The van der Waals surface area contributed by atoms with Crippen LogP contribution in [0.2, 0.25) is 13.1 Å². The van der Waals surface area contributed by atoms with Gasteiger partial charge in [0.25, 0.3) is 0 Å². The van der Waals surface area contributed by atoms with Gasteiger partial charge in [0.05, 0.1) is 0 Å². The molecular formula is C16H21NSi. The molecule has 0 amide bonds. The number of hydrogen-bond acceptors (Lipinski definition) is 1. The number of para-hydroxylation sites is 1. The van der Waals surface area contributed by atoms with E-state index in [0.717, 1.165) is 0 Å². The van der Waals surface area contributed by atoms with Gasteiger partial charge in [0.15, 0.2) is 8.24 Å². The molecule has 0 heterocycles. The summed E-state index contributed by atoms with van der Waals surface area (Å²) in [5, 5.41) is 0. The van der Waals surface area contributed by atoms with Gasteiger partial charge in [-0.05, 0) is 30.8 Å². The first-order chi connectivity index (χ1) is 8.59. The minimum absolute atomic E-state index is 1.18. The van der Waals surface area contributed by atoms with E-state index in [2.05, 4.69) is 85.4 Å². The normalized spacial score (nSPS) is 11.3. The maximum Gasteiger partial charge on any atom is 0.154 e. The fourth-order valence-electron chi connectivity index (χ4n) is 2.22. The maximum atomic E-state index is 2.49. The SMILES string of the molecule is CN(c1ccccc1)[Si](C)(C)Cc1ccccc1. The molecule has 0 saturated heterocycles. The van der Waals surface area contributed by atoms with E-state index in [4.69, 9.17) is 0 Å². The molecule has 18 heavy (non-hydrogen) atoms. The molecule has 0 unspecified atom stereocenters. The predicted molar refractivity (Wildman–Crippen MR) is 82.5 cm³/mol. The summed E-state index contributed by atoms with van der Waals surface area (Å²) in [5.41, 5.74) is 2.77. The zero-order valence-corrected chi connectivity index (χ0v) is 12.4. The average molecular weight is 255 g/mol. The summed E-state index contributed by atoms with van der Waals surface area (Å²) in [6.45, 7) is 4.85. The maximum absolute atomic E-state index is 2.49. The van der Waals surface area contributed by atoms with Crippen LogP contribution in [0.1, 0.15) is 5.56 Å². The molecule has 0 bridgehead atoms. The molecule has 0 aromatic heterocycles. The van der Waals surface area contributed by atoms with Gasteiger partial charge in [0.1, 0.15) is 0 Å². The largest absolute Gasteiger partial charge is 0.400 e. The smallest absolute Gasteiger partial charge is 0.154 e. The van der Waals surface area contributed by atoms with Crippen LogP contribution in [-0.4, -0.2) is 15.3 Å². The minimum Gasteiger partial charge on any atom is -0.400 e. The van der Waals surface area contributed by atoms with Gasteiger partial charge in [0, 0.05) is 5.69 Å². The van der Waals surface area contributed by atoms with Crippen LogP contribution < -0.4 is 4.57 Å². The topological polar surface area (TPSA) is 3.24 Å². The summed E-state index contributed by atoms with van der Waals surface area (Å²) in [5.74, 6) is 0. The number of hydrogen-bond donors (Lipinski definition) is 0. The van der Waals surface area contributed by atoms with Crippen LogP contribution in [-0.2, 0) is 6.04 Å². The quantitative estimate of drug-likeness (QED) is 0.743. The molecule has 0 aliphatic rings. The lowest BCUT2D eigenvalue weighted by atomic mass is 10.2. The second-order valence-corrected chi connectivity index (χ2v) is 10.0. The Morgan fingerprint density at radius 2 is 1.33 bits per heavy atom. The highest BCUT2D eigenvalue weighted by Crippen LogP contribution is 2.22. The molecule has 0 aliphatic carbocycles. The highest BCUT2D eigenvalue weighted by molar-refractivity contribution is 6.80. The summed E-state index contributed by atoms with van der Waals surface area (Å²) < 4.78 is 2.49. The first-order valence-corrected chi connectivity index (χ1v) is 9.58. The van der Waals surface area contributed by atoms with Crippen LogP contribution in [0, 0.1) is 0 Å². The van der Waals surface area contributed by atoms with Gasteiger partial charge in [-0.2, -0.15) is 0 Å². The van der Waals surface area contributed by atoms with Crippen LogP contribution in [0.15, 0.2) is 60.7 Å². The summed E-state index contributed by atoms with van der Waals surface area (Å²) in [6.07, 6.45) is 0. The fourth-order valence-corrected chi connectivity index (χ4v) is 4.54. The summed E-state index contributed by atoms with van der Waals surface area (Å²) in [4.78, 5) is 0. The summed E-state index contributed by atoms with van der Waals surface area (Å²) in [6, 6.07) is 22.7. The lowest BCUT2D eigenvalue weighted by molar-refractivity contribution is 1.17. The first-order valence-electron chi connectivity index (χ1n) is 6.42. The second kappa shape index (κ2) is 5.40. The van der Waals surface area contributed by atoms with Crippen molar-refractivity contribution >= 4 is 13.9 Å². The molecule has 0 spiro atoms. The second-order valence-electron chi connectivity index (χ2n) is 5.37. The van der Waals surface area contributed by atoms with E-state index in [0.29, 0.717) is 0 Å². The Morgan fingerprint density at radius 1 is 0.833 bits per heavy atom. The zero-order valence-electron chi connectivity index (χ0n) is 11.4. The van der Waals surface area contributed by atoms with Gasteiger partial charge < -0.3 is 4.57 Å². The highest BCUT2D eigenvalue weighted by atomic mass is 28.3. The van der Waals surface area contributed by atoms with Crippen LogP contribution in [0.5, 0.6) is 0 Å². The van der Waals surface area contributed by atoms with Crippen LogP contribution >= 0.6 is 0 Å². The van der Waals surface area contributed by atoms with Gasteiger partial charge in [-0.3, -0.25) is 0 Å². The fraction of sp³-hybridized carbons (Fsp3) is 0.250.